The number of nitrogens with one attached hydrogen (secondary N) is 2. The fourth-order valence-electron chi connectivity index (χ4n) is 8.06. The average Bonchev–Trinajstić information content (AvgIpc) is 3.40. The van der Waals surface area contributed by atoms with Crippen LogP contribution in [0.5, 0.6) is 5.75 Å². The molecule has 15 heteroatoms. The lowest BCUT2D eigenvalue weighted by molar-refractivity contribution is -0.199. The van der Waals surface area contributed by atoms with E-state index in [-0.39, 0.29) is 48.3 Å². The van der Waals surface area contributed by atoms with Gasteiger partial charge in [0.1, 0.15) is 23.0 Å². The molecule has 4 unspecified atom stereocenters. The summed E-state index contributed by atoms with van der Waals surface area (Å²) in [7, 11) is 0.518. The maximum Gasteiger partial charge on any atom is 0.482 e. The summed E-state index contributed by atoms with van der Waals surface area (Å²) < 4.78 is 24.6. The minimum absolute atomic E-state index is 0.0585. The van der Waals surface area contributed by atoms with Gasteiger partial charge in [-0.25, -0.2) is 9.59 Å². The van der Waals surface area contributed by atoms with Gasteiger partial charge in [0.15, 0.2) is 0 Å². The minimum atomic E-state index is -1.50. The first kappa shape index (κ1) is 37.6. The van der Waals surface area contributed by atoms with Gasteiger partial charge in [0.05, 0.1) is 30.9 Å². The minimum Gasteiger partial charge on any atom is -0.496 e. The molecule has 2 heterocycles. The summed E-state index contributed by atoms with van der Waals surface area (Å²) in [6.45, 7) is 15.3. The number of amides is 5. The second-order valence-electron chi connectivity index (χ2n) is 15.7. The summed E-state index contributed by atoms with van der Waals surface area (Å²) in [6.07, 6.45) is 0.312. The van der Waals surface area contributed by atoms with Crippen molar-refractivity contribution in [3.8, 4) is 5.75 Å². The smallest absolute Gasteiger partial charge is 0.482 e. The fraction of sp³-hybridized carbons (Fsp3) is 0.686. The Hall–Kier alpha value is -3.69. The average molecular weight is 699 g/mol. The molecule has 2 saturated heterocycles. The molecule has 1 aromatic rings. The molecule has 3 N–H and O–H groups in total. The van der Waals surface area contributed by atoms with Gasteiger partial charge < -0.3 is 39.4 Å². The van der Waals surface area contributed by atoms with Crippen molar-refractivity contribution in [3.63, 3.8) is 0 Å². The van der Waals surface area contributed by atoms with Gasteiger partial charge in [-0.05, 0) is 89.7 Å². The molecule has 0 radical (unpaired) electrons. The van der Waals surface area contributed by atoms with Gasteiger partial charge in [0.2, 0.25) is 5.91 Å². The van der Waals surface area contributed by atoms with Gasteiger partial charge in [0, 0.05) is 19.6 Å². The molecule has 0 aromatic heterocycles. The van der Waals surface area contributed by atoms with Crippen molar-refractivity contribution >= 4 is 36.8 Å². The SMILES string of the molecule is CCN1CCN(C(=O)NC(C(=O)NC(Cc2cccc(C(=O)OC(C)(C)C)c2OC)B2OC3C[C@@H]4C[C@@H](C4(C)C)[C@]3(C)O2)C(C)O)C(=O)C1=O. The van der Waals surface area contributed by atoms with Gasteiger partial charge in [-0.2, -0.15) is 0 Å². The van der Waals surface area contributed by atoms with Crippen LogP contribution >= 0.6 is 0 Å². The molecular weight excluding hydrogens is 647 g/mol. The van der Waals surface area contributed by atoms with Crippen LogP contribution in [0.4, 0.5) is 4.79 Å². The summed E-state index contributed by atoms with van der Waals surface area (Å²) in [5.74, 6) is -3.05. The highest BCUT2D eigenvalue weighted by Gasteiger charge is 2.68. The third kappa shape index (κ3) is 6.96. The van der Waals surface area contributed by atoms with Crippen molar-refractivity contribution in [2.75, 3.05) is 26.7 Å². The molecule has 2 bridgehead atoms. The summed E-state index contributed by atoms with van der Waals surface area (Å²) in [5.41, 5.74) is -0.523. The second kappa shape index (κ2) is 13.8. The van der Waals surface area contributed by atoms with E-state index in [1.165, 1.54) is 18.9 Å². The number of esters is 1. The van der Waals surface area contributed by atoms with Gasteiger partial charge >= 0.3 is 30.9 Å². The molecule has 50 heavy (non-hydrogen) atoms. The van der Waals surface area contributed by atoms with E-state index in [1.807, 2.05) is 0 Å². The standard InChI is InChI=1S/C35H51BN4O10/c1-10-39-14-15-40(30(44)29(39)43)32(46)38-26(19(2)41)28(42)37-25(36-49-24-18-21-17-23(34(21,6)7)35(24,8)50-36)16-20-12-11-13-22(27(20)47-9)31(45)48-33(3,4)5/h11-13,19,21,23-26,41H,10,14-18H2,1-9H3,(H,37,42)(H,38,46)/t19?,21-,23-,24?,25?,26?,35-/m0/s1. The summed E-state index contributed by atoms with van der Waals surface area (Å²) in [6, 6.07) is 2.58. The van der Waals surface area contributed by atoms with Crippen molar-refractivity contribution in [1.29, 1.82) is 0 Å². The number of nitrogens with zero attached hydrogens (tertiary/aromatic N) is 2. The van der Waals surface area contributed by atoms with Gasteiger partial charge in [0.25, 0.3) is 0 Å². The Bertz CT molecular complexity index is 1530. The van der Waals surface area contributed by atoms with Crippen LogP contribution in [0, 0.1) is 17.3 Å². The molecule has 3 aliphatic carbocycles. The Morgan fingerprint density at radius 1 is 1.10 bits per heavy atom. The predicted octanol–water partition coefficient (Wildman–Crippen LogP) is 2.10. The second-order valence-corrected chi connectivity index (χ2v) is 15.7. The zero-order valence-corrected chi connectivity index (χ0v) is 30.5. The fourth-order valence-corrected chi connectivity index (χ4v) is 8.06. The first-order chi connectivity index (χ1) is 23.3. The zero-order chi connectivity index (χ0) is 36.9. The Balaban J connectivity index is 1.42. The van der Waals surface area contributed by atoms with E-state index in [9.17, 15) is 29.1 Å². The number of carbonyl (C=O) groups is 5. The first-order valence-corrected chi connectivity index (χ1v) is 17.4. The molecule has 6 rings (SSSR count). The Morgan fingerprint density at radius 3 is 2.40 bits per heavy atom. The number of para-hydroxylation sites is 1. The largest absolute Gasteiger partial charge is 0.496 e. The van der Waals surface area contributed by atoms with Crippen LogP contribution in [0.3, 0.4) is 0 Å². The summed E-state index contributed by atoms with van der Waals surface area (Å²) >= 11 is 0. The highest BCUT2D eigenvalue weighted by molar-refractivity contribution is 6.48. The topological polar surface area (TPSA) is 173 Å². The van der Waals surface area contributed by atoms with Crippen molar-refractivity contribution in [3.05, 3.63) is 29.3 Å². The lowest BCUT2D eigenvalue weighted by Gasteiger charge is -2.64. The van der Waals surface area contributed by atoms with Crippen LogP contribution in [0.25, 0.3) is 0 Å². The van der Waals surface area contributed by atoms with Gasteiger partial charge in [-0.1, -0.05) is 26.0 Å². The van der Waals surface area contributed by atoms with Crippen LogP contribution in [-0.2, 0) is 34.9 Å². The number of hydrogen-bond donors (Lipinski definition) is 3. The maximum absolute atomic E-state index is 14.0. The van der Waals surface area contributed by atoms with Gasteiger partial charge in [-0.3, -0.25) is 19.3 Å². The molecule has 0 spiro atoms. The molecule has 1 aromatic carbocycles. The van der Waals surface area contributed by atoms with E-state index in [0.29, 0.717) is 18.0 Å². The quantitative estimate of drug-likeness (QED) is 0.187. The lowest BCUT2D eigenvalue weighted by Crippen LogP contribution is -2.65. The molecule has 274 valence electrons. The number of rotatable bonds is 10. The molecule has 3 saturated carbocycles. The van der Waals surface area contributed by atoms with E-state index in [0.717, 1.165) is 17.7 Å². The monoisotopic (exact) mass is 698 g/mol. The predicted molar refractivity (Wildman–Crippen MR) is 182 cm³/mol. The number of methoxy groups -OCH3 is 1. The van der Waals surface area contributed by atoms with Crippen LogP contribution in [0.1, 0.15) is 84.2 Å². The summed E-state index contributed by atoms with van der Waals surface area (Å²) in [5, 5.41) is 16.1. The molecule has 5 aliphatic rings. The number of ether oxygens (including phenoxy) is 2. The normalized spacial score (nSPS) is 27.5. The Morgan fingerprint density at radius 2 is 1.80 bits per heavy atom. The molecular formula is C35H51BN4O10. The van der Waals surface area contributed by atoms with Crippen molar-refractivity contribution < 1.29 is 47.9 Å². The molecule has 5 amide bonds. The number of piperazine rings is 1. The number of hydrogen-bond acceptors (Lipinski definition) is 10. The number of urea groups is 1. The first-order valence-electron chi connectivity index (χ1n) is 17.4. The van der Waals surface area contributed by atoms with Gasteiger partial charge in [-0.15, -0.1) is 0 Å². The maximum atomic E-state index is 14.0. The highest BCUT2D eigenvalue weighted by Crippen LogP contribution is 2.65. The number of aliphatic hydroxyl groups excluding tert-OH is 1. The van der Waals surface area contributed by atoms with Crippen molar-refractivity contribution in [1.82, 2.24) is 20.4 Å². The van der Waals surface area contributed by atoms with Crippen LogP contribution in [0.15, 0.2) is 18.2 Å². The van der Waals surface area contributed by atoms with E-state index in [2.05, 4.69) is 31.4 Å². The molecule has 2 aliphatic heterocycles. The van der Waals surface area contributed by atoms with E-state index in [1.54, 1.807) is 45.9 Å². The number of benzene rings is 1. The molecule has 14 nitrogen and oxygen atoms in total. The number of aliphatic hydroxyl groups is 1. The van der Waals surface area contributed by atoms with E-state index >= 15 is 0 Å². The molecule has 5 fully saturated rings. The third-order valence-corrected chi connectivity index (χ3v) is 11.0. The van der Waals surface area contributed by atoms with Crippen molar-refractivity contribution in [2.24, 2.45) is 17.3 Å². The zero-order valence-electron chi connectivity index (χ0n) is 30.5. The Labute approximate surface area is 294 Å². The van der Waals surface area contributed by atoms with Crippen molar-refractivity contribution in [2.45, 2.75) is 110 Å². The van der Waals surface area contributed by atoms with Crippen LogP contribution in [-0.4, -0.2) is 114 Å². The molecule has 7 atom stereocenters. The third-order valence-electron chi connectivity index (χ3n) is 11.0. The highest BCUT2D eigenvalue weighted by atomic mass is 16.7. The van der Waals surface area contributed by atoms with E-state index in [4.69, 9.17) is 18.8 Å². The van der Waals surface area contributed by atoms with Crippen LogP contribution < -0.4 is 15.4 Å². The number of carbonyl (C=O) groups excluding carboxylic acids is 5. The lowest BCUT2D eigenvalue weighted by atomic mass is 9.43. The van der Waals surface area contributed by atoms with E-state index < -0.39 is 66.1 Å². The number of likely N-dealkylation sites (N-methyl/N-ethyl adjacent to an activating group) is 1. The van der Waals surface area contributed by atoms with Crippen LogP contribution in [0.2, 0.25) is 0 Å². The Kier molecular flexibility index (Phi) is 10.4. The number of imide groups is 1. The summed E-state index contributed by atoms with van der Waals surface area (Å²) in [4.78, 5) is 67.6.